The highest BCUT2D eigenvalue weighted by atomic mass is 16.4. The van der Waals surface area contributed by atoms with Gasteiger partial charge >= 0.3 is 12.0 Å². The second kappa shape index (κ2) is 6.65. The molecule has 0 rings (SSSR count). The maximum Gasteiger partial charge on any atom is 0.323 e. The minimum absolute atomic E-state index is 0.329. The number of aliphatic carboxylic acids is 1. The van der Waals surface area contributed by atoms with Gasteiger partial charge in [-0.3, -0.25) is 9.59 Å². The van der Waals surface area contributed by atoms with Gasteiger partial charge in [0.15, 0.2) is 0 Å². The number of carboxylic acids is 1. The van der Waals surface area contributed by atoms with Crippen molar-refractivity contribution in [1.82, 2.24) is 10.2 Å². The fourth-order valence-corrected chi connectivity index (χ4v) is 1.25. The first kappa shape index (κ1) is 14.2. The van der Waals surface area contributed by atoms with Crippen LogP contribution >= 0.6 is 0 Å². The Bertz CT molecular complexity index is 280. The minimum atomic E-state index is -1.09. The van der Waals surface area contributed by atoms with E-state index in [2.05, 4.69) is 5.32 Å². The Labute approximate surface area is 93.6 Å². The number of hydrogen-bond acceptors (Lipinski definition) is 3. The third kappa shape index (κ3) is 5.18. The highest BCUT2D eigenvalue weighted by Crippen LogP contribution is 1.97. The summed E-state index contributed by atoms with van der Waals surface area (Å²) in [5.41, 5.74) is 4.87. The predicted molar refractivity (Wildman–Crippen MR) is 56.7 cm³/mol. The van der Waals surface area contributed by atoms with Gasteiger partial charge in [0, 0.05) is 6.54 Å². The fraction of sp³-hybridized carbons (Fsp3) is 0.667. The molecular formula is C9H17N3O4. The average molecular weight is 231 g/mol. The number of carbonyl (C=O) groups is 3. The molecule has 0 saturated heterocycles. The highest BCUT2D eigenvalue weighted by Gasteiger charge is 2.22. The number of rotatable bonds is 6. The van der Waals surface area contributed by atoms with Crippen molar-refractivity contribution < 1.29 is 19.5 Å². The van der Waals surface area contributed by atoms with E-state index in [0.717, 1.165) is 0 Å². The molecule has 0 aromatic rings. The van der Waals surface area contributed by atoms with E-state index in [4.69, 9.17) is 10.8 Å². The second-order valence-electron chi connectivity index (χ2n) is 3.38. The van der Waals surface area contributed by atoms with Crippen molar-refractivity contribution >= 4 is 17.9 Å². The summed E-state index contributed by atoms with van der Waals surface area (Å²) >= 11 is 0. The van der Waals surface area contributed by atoms with Crippen LogP contribution in [0.25, 0.3) is 0 Å². The van der Waals surface area contributed by atoms with Gasteiger partial charge in [-0.1, -0.05) is 6.92 Å². The van der Waals surface area contributed by atoms with E-state index in [0.29, 0.717) is 13.0 Å². The molecule has 0 aromatic heterocycles. The van der Waals surface area contributed by atoms with Crippen molar-refractivity contribution in [2.75, 3.05) is 13.1 Å². The first-order chi connectivity index (χ1) is 7.38. The number of urea groups is 1. The van der Waals surface area contributed by atoms with E-state index in [9.17, 15) is 14.4 Å². The van der Waals surface area contributed by atoms with Crippen molar-refractivity contribution in [3.8, 4) is 0 Å². The number of carbonyl (C=O) groups excluding carboxylic acids is 2. The third-order valence-electron chi connectivity index (χ3n) is 1.86. The van der Waals surface area contributed by atoms with Gasteiger partial charge in [0.25, 0.3) is 0 Å². The molecule has 7 nitrogen and oxygen atoms in total. The Balaban J connectivity index is 4.46. The zero-order chi connectivity index (χ0) is 12.7. The molecule has 3 amide bonds. The molecule has 1 unspecified atom stereocenters. The van der Waals surface area contributed by atoms with Crippen LogP contribution in [0.2, 0.25) is 0 Å². The molecule has 0 spiro atoms. The van der Waals surface area contributed by atoms with E-state index < -0.39 is 23.9 Å². The van der Waals surface area contributed by atoms with Crippen molar-refractivity contribution in [3.63, 3.8) is 0 Å². The maximum atomic E-state index is 11.7. The van der Waals surface area contributed by atoms with Crippen LogP contribution in [0.4, 0.5) is 4.79 Å². The number of primary amides is 1. The van der Waals surface area contributed by atoms with Gasteiger partial charge in [0.05, 0.1) is 0 Å². The first-order valence-corrected chi connectivity index (χ1v) is 4.95. The lowest BCUT2D eigenvalue weighted by Crippen LogP contribution is -2.49. The molecule has 0 saturated carbocycles. The summed E-state index contributed by atoms with van der Waals surface area (Å²) in [6, 6.07) is -1.63. The van der Waals surface area contributed by atoms with E-state index in [1.807, 2.05) is 6.92 Å². The van der Waals surface area contributed by atoms with Crippen LogP contribution in [0.3, 0.4) is 0 Å². The predicted octanol–water partition coefficient (Wildman–Crippen LogP) is -0.634. The van der Waals surface area contributed by atoms with E-state index in [-0.39, 0.29) is 6.54 Å². The summed E-state index contributed by atoms with van der Waals surface area (Å²) in [5.74, 6) is -1.55. The molecular weight excluding hydrogens is 214 g/mol. The van der Waals surface area contributed by atoms with Gasteiger partial charge in [-0.05, 0) is 13.3 Å². The van der Waals surface area contributed by atoms with Crippen molar-refractivity contribution in [3.05, 3.63) is 0 Å². The second-order valence-corrected chi connectivity index (χ2v) is 3.38. The lowest BCUT2D eigenvalue weighted by atomic mass is 10.2. The monoisotopic (exact) mass is 231 g/mol. The molecule has 0 aliphatic carbocycles. The lowest BCUT2D eigenvalue weighted by molar-refractivity contribution is -0.145. The van der Waals surface area contributed by atoms with Gasteiger partial charge in [-0.2, -0.15) is 0 Å². The molecule has 0 aromatic carbocycles. The molecule has 4 N–H and O–H groups in total. The zero-order valence-corrected chi connectivity index (χ0v) is 9.40. The van der Waals surface area contributed by atoms with Crippen LogP contribution in [-0.4, -0.2) is 47.0 Å². The van der Waals surface area contributed by atoms with Crippen molar-refractivity contribution in [2.45, 2.75) is 26.3 Å². The van der Waals surface area contributed by atoms with Crippen LogP contribution < -0.4 is 11.1 Å². The molecule has 1 atom stereocenters. The number of nitrogens with one attached hydrogen (secondary N) is 1. The molecule has 0 radical (unpaired) electrons. The van der Waals surface area contributed by atoms with E-state index in [1.54, 1.807) is 0 Å². The Morgan fingerprint density at radius 1 is 1.44 bits per heavy atom. The Kier molecular flexibility index (Phi) is 5.91. The van der Waals surface area contributed by atoms with Gasteiger partial charge in [-0.25, -0.2) is 4.79 Å². The van der Waals surface area contributed by atoms with Crippen LogP contribution in [-0.2, 0) is 9.59 Å². The molecule has 92 valence electrons. The number of hydrogen-bond donors (Lipinski definition) is 3. The Hall–Kier alpha value is -1.79. The largest absolute Gasteiger partial charge is 0.480 e. The molecule has 0 aliphatic rings. The number of carboxylic acid groups (broad SMARTS) is 1. The van der Waals surface area contributed by atoms with E-state index in [1.165, 1.54) is 11.8 Å². The van der Waals surface area contributed by atoms with Gasteiger partial charge in [-0.15, -0.1) is 0 Å². The topological polar surface area (TPSA) is 113 Å². The normalized spacial score (nSPS) is 11.6. The maximum absolute atomic E-state index is 11.7. The SMILES string of the molecule is CCCN(CC(=O)O)C(=O)C(C)NC(N)=O. The summed E-state index contributed by atoms with van der Waals surface area (Å²) in [5, 5.41) is 10.8. The number of nitrogens with zero attached hydrogens (tertiary/aromatic N) is 1. The summed E-state index contributed by atoms with van der Waals surface area (Å²) in [6.07, 6.45) is 0.641. The van der Waals surface area contributed by atoms with Crippen molar-refractivity contribution in [1.29, 1.82) is 0 Å². The summed E-state index contributed by atoms with van der Waals surface area (Å²) in [6.45, 7) is 3.24. The minimum Gasteiger partial charge on any atom is -0.480 e. The molecule has 0 bridgehead atoms. The van der Waals surface area contributed by atoms with Gasteiger partial charge in [0.1, 0.15) is 12.6 Å². The number of amides is 3. The quantitative estimate of drug-likeness (QED) is 0.564. The third-order valence-corrected chi connectivity index (χ3v) is 1.86. The van der Waals surface area contributed by atoms with Crippen LogP contribution in [0, 0.1) is 0 Å². The number of nitrogens with two attached hydrogens (primary N) is 1. The van der Waals surface area contributed by atoms with Gasteiger partial charge < -0.3 is 21.1 Å². The smallest absolute Gasteiger partial charge is 0.323 e. The van der Waals surface area contributed by atoms with Crippen LogP contribution in [0.15, 0.2) is 0 Å². The van der Waals surface area contributed by atoms with E-state index >= 15 is 0 Å². The zero-order valence-electron chi connectivity index (χ0n) is 9.40. The van der Waals surface area contributed by atoms with Crippen LogP contribution in [0.1, 0.15) is 20.3 Å². The standard InChI is InChI=1S/C9H17N3O4/c1-3-4-12(5-7(13)14)8(15)6(2)11-9(10)16/h6H,3-5H2,1-2H3,(H,13,14)(H3,10,11,16). The highest BCUT2D eigenvalue weighted by molar-refractivity contribution is 5.88. The molecule has 0 heterocycles. The summed E-state index contributed by atoms with van der Waals surface area (Å²) in [7, 11) is 0. The van der Waals surface area contributed by atoms with Gasteiger partial charge in [0.2, 0.25) is 5.91 Å². The Morgan fingerprint density at radius 2 is 2.00 bits per heavy atom. The lowest BCUT2D eigenvalue weighted by Gasteiger charge is -2.23. The molecule has 16 heavy (non-hydrogen) atoms. The molecule has 0 aliphatic heterocycles. The fourth-order valence-electron chi connectivity index (χ4n) is 1.25. The molecule has 7 heteroatoms. The Morgan fingerprint density at radius 3 is 2.38 bits per heavy atom. The van der Waals surface area contributed by atoms with Crippen LogP contribution in [0.5, 0.6) is 0 Å². The summed E-state index contributed by atoms with van der Waals surface area (Å²) < 4.78 is 0. The molecule has 0 fully saturated rings. The average Bonchev–Trinajstić information content (AvgIpc) is 2.14. The first-order valence-electron chi connectivity index (χ1n) is 4.95. The van der Waals surface area contributed by atoms with Crippen molar-refractivity contribution in [2.24, 2.45) is 5.73 Å². The summed E-state index contributed by atoms with van der Waals surface area (Å²) in [4.78, 5) is 33.9.